The van der Waals surface area contributed by atoms with E-state index < -0.39 is 0 Å². The van der Waals surface area contributed by atoms with Gasteiger partial charge in [0.15, 0.2) is 0 Å². The summed E-state index contributed by atoms with van der Waals surface area (Å²) in [6, 6.07) is 11.6. The van der Waals surface area contributed by atoms with Crippen LogP contribution in [0.3, 0.4) is 0 Å². The molecule has 4 heterocycles. The minimum Gasteiger partial charge on any atom is -0.369 e. The Labute approximate surface area is 179 Å². The highest BCUT2D eigenvalue weighted by molar-refractivity contribution is 6.05. The van der Waals surface area contributed by atoms with Gasteiger partial charge in [0.05, 0.1) is 11.9 Å². The van der Waals surface area contributed by atoms with Crippen LogP contribution < -0.4 is 15.5 Å². The number of benzene rings is 1. The smallest absolute Gasteiger partial charge is 0.256 e. The molecule has 0 aliphatic carbocycles. The topological polar surface area (TPSA) is 88.0 Å². The number of nitrogens with one attached hydrogen (secondary N) is 2. The lowest BCUT2D eigenvalue weighted by Gasteiger charge is -2.29. The van der Waals surface area contributed by atoms with Crippen molar-refractivity contribution >= 4 is 28.2 Å². The van der Waals surface area contributed by atoms with Gasteiger partial charge in [0, 0.05) is 74.0 Å². The zero-order valence-electron chi connectivity index (χ0n) is 17.2. The summed E-state index contributed by atoms with van der Waals surface area (Å²) in [4.78, 5) is 24.0. The lowest BCUT2D eigenvalue weighted by molar-refractivity contribution is 0.102. The Balaban J connectivity index is 1.37. The van der Waals surface area contributed by atoms with Crippen LogP contribution in [0.4, 0.5) is 11.5 Å². The average molecular weight is 413 g/mol. The number of carbonyl (C=O) groups excluding carboxylic acids is 1. The Morgan fingerprint density at radius 2 is 1.87 bits per heavy atom. The van der Waals surface area contributed by atoms with Crippen molar-refractivity contribution in [2.45, 2.75) is 0 Å². The maximum absolute atomic E-state index is 12.9. The van der Waals surface area contributed by atoms with Gasteiger partial charge >= 0.3 is 0 Å². The normalized spacial score (nSPS) is 14.0. The molecule has 5 rings (SSSR count). The number of nitrogens with zero attached hydrogens (tertiary/aromatic N) is 5. The number of fused-ring (bicyclic) bond motifs is 1. The molecule has 4 aromatic rings. The van der Waals surface area contributed by atoms with E-state index >= 15 is 0 Å². The first-order chi connectivity index (χ1) is 15.2. The lowest BCUT2D eigenvalue weighted by Crippen LogP contribution is -2.43. The second kappa shape index (κ2) is 8.16. The van der Waals surface area contributed by atoms with Crippen molar-refractivity contribution in [1.82, 2.24) is 25.1 Å². The minimum atomic E-state index is -0.176. The van der Waals surface area contributed by atoms with E-state index in [2.05, 4.69) is 30.6 Å². The van der Waals surface area contributed by atoms with Crippen LogP contribution in [-0.2, 0) is 7.05 Å². The van der Waals surface area contributed by atoms with Crippen molar-refractivity contribution in [3.8, 4) is 11.3 Å². The number of carbonyl (C=O) groups is 1. The summed E-state index contributed by atoms with van der Waals surface area (Å²) in [5.41, 5.74) is 3.45. The van der Waals surface area contributed by atoms with Crippen LogP contribution in [0.1, 0.15) is 10.4 Å². The summed E-state index contributed by atoms with van der Waals surface area (Å²) < 4.78 is 1.74. The first-order valence-corrected chi connectivity index (χ1v) is 10.3. The fourth-order valence-electron chi connectivity index (χ4n) is 3.77. The average Bonchev–Trinajstić information content (AvgIpc) is 3.25. The van der Waals surface area contributed by atoms with E-state index in [0.717, 1.165) is 53.9 Å². The standard InChI is InChI=1S/C23H23N7O/c1-29-15-19(14-27-29)21-10-17-11-22(26-13-18(17)12-25-21)28-23(31)16-3-2-4-20(9-16)30-7-5-24-6-8-30/h2-4,9-15,24H,5-8H2,1H3,(H,26,28,31). The number of hydrogen-bond donors (Lipinski definition) is 2. The monoisotopic (exact) mass is 413 g/mol. The van der Waals surface area contributed by atoms with Gasteiger partial charge < -0.3 is 15.5 Å². The van der Waals surface area contributed by atoms with Gasteiger partial charge in [0.25, 0.3) is 5.91 Å². The van der Waals surface area contributed by atoms with Crippen LogP contribution in [0.15, 0.2) is 61.2 Å². The van der Waals surface area contributed by atoms with Crippen LogP contribution in [0.5, 0.6) is 0 Å². The summed E-state index contributed by atoms with van der Waals surface area (Å²) in [5.74, 6) is 0.332. The summed E-state index contributed by atoms with van der Waals surface area (Å²) >= 11 is 0. The van der Waals surface area contributed by atoms with Gasteiger partial charge in [0.1, 0.15) is 5.82 Å². The second-order valence-electron chi connectivity index (χ2n) is 7.63. The molecule has 3 aromatic heterocycles. The Morgan fingerprint density at radius 3 is 2.68 bits per heavy atom. The van der Waals surface area contributed by atoms with Gasteiger partial charge in [-0.2, -0.15) is 5.10 Å². The van der Waals surface area contributed by atoms with Crippen LogP contribution >= 0.6 is 0 Å². The van der Waals surface area contributed by atoms with E-state index in [1.165, 1.54) is 0 Å². The molecule has 0 unspecified atom stereocenters. The van der Waals surface area contributed by atoms with E-state index in [1.54, 1.807) is 23.3 Å². The van der Waals surface area contributed by atoms with Gasteiger partial charge in [-0.05, 0) is 35.7 Å². The number of anilines is 2. The molecule has 1 aliphatic rings. The van der Waals surface area contributed by atoms with E-state index in [1.807, 2.05) is 49.6 Å². The summed E-state index contributed by atoms with van der Waals surface area (Å²) in [6.07, 6.45) is 7.21. The van der Waals surface area contributed by atoms with Crippen molar-refractivity contribution in [2.24, 2.45) is 7.05 Å². The third-order valence-corrected chi connectivity index (χ3v) is 5.44. The predicted molar refractivity (Wildman–Crippen MR) is 121 cm³/mol. The largest absolute Gasteiger partial charge is 0.369 e. The Bertz CT molecular complexity index is 1240. The van der Waals surface area contributed by atoms with Gasteiger partial charge in [-0.15, -0.1) is 0 Å². The van der Waals surface area contributed by atoms with Crippen molar-refractivity contribution in [2.75, 3.05) is 36.4 Å². The molecule has 1 fully saturated rings. The van der Waals surface area contributed by atoms with Crippen molar-refractivity contribution in [1.29, 1.82) is 0 Å². The highest BCUT2D eigenvalue weighted by Crippen LogP contribution is 2.23. The molecule has 1 aliphatic heterocycles. The number of pyridine rings is 2. The Morgan fingerprint density at radius 1 is 1.03 bits per heavy atom. The molecule has 0 spiro atoms. The molecule has 8 heteroatoms. The van der Waals surface area contributed by atoms with Crippen LogP contribution in [0, 0.1) is 0 Å². The van der Waals surface area contributed by atoms with Crippen LogP contribution in [0.2, 0.25) is 0 Å². The Hall–Kier alpha value is -3.78. The highest BCUT2D eigenvalue weighted by atomic mass is 16.1. The quantitative estimate of drug-likeness (QED) is 0.535. The second-order valence-corrected chi connectivity index (χ2v) is 7.63. The molecule has 0 atom stereocenters. The predicted octanol–water partition coefficient (Wildman–Crippen LogP) is 2.69. The number of amides is 1. The van der Waals surface area contributed by atoms with Gasteiger partial charge in [-0.1, -0.05) is 6.07 Å². The lowest BCUT2D eigenvalue weighted by atomic mass is 10.1. The molecule has 0 saturated carbocycles. The third-order valence-electron chi connectivity index (χ3n) is 5.44. The van der Waals surface area contributed by atoms with Gasteiger partial charge in [-0.3, -0.25) is 14.5 Å². The molecule has 156 valence electrons. The molecule has 2 N–H and O–H groups in total. The molecule has 0 radical (unpaired) electrons. The van der Waals surface area contributed by atoms with Crippen LogP contribution in [-0.4, -0.2) is 51.8 Å². The van der Waals surface area contributed by atoms with Crippen LogP contribution in [0.25, 0.3) is 22.0 Å². The van der Waals surface area contributed by atoms with Crippen molar-refractivity contribution in [3.05, 3.63) is 66.7 Å². The SMILES string of the molecule is Cn1cc(-c2cc3cc(NC(=O)c4cccc(N5CCNCC5)c4)ncc3cn2)cn1. The van der Waals surface area contributed by atoms with E-state index in [-0.39, 0.29) is 5.91 Å². The number of aromatic nitrogens is 4. The zero-order chi connectivity index (χ0) is 21.2. The molecule has 1 saturated heterocycles. The van der Waals surface area contributed by atoms with Crippen molar-refractivity contribution < 1.29 is 4.79 Å². The van der Waals surface area contributed by atoms with E-state index in [4.69, 9.17) is 0 Å². The molecule has 0 bridgehead atoms. The van der Waals surface area contributed by atoms with Gasteiger partial charge in [-0.25, -0.2) is 4.98 Å². The van der Waals surface area contributed by atoms with Gasteiger partial charge in [0.2, 0.25) is 0 Å². The Kier molecular flexibility index (Phi) is 5.05. The molecule has 31 heavy (non-hydrogen) atoms. The summed E-state index contributed by atoms with van der Waals surface area (Å²) in [5, 5.41) is 12.3. The first-order valence-electron chi connectivity index (χ1n) is 10.3. The minimum absolute atomic E-state index is 0.176. The number of rotatable bonds is 4. The molecule has 1 aromatic carbocycles. The first kappa shape index (κ1) is 19.2. The summed E-state index contributed by atoms with van der Waals surface area (Å²) in [6.45, 7) is 3.77. The fourth-order valence-corrected chi connectivity index (χ4v) is 3.77. The van der Waals surface area contributed by atoms with E-state index in [9.17, 15) is 4.79 Å². The molecule has 8 nitrogen and oxygen atoms in total. The third kappa shape index (κ3) is 4.10. The molecular formula is C23H23N7O. The number of aryl methyl sites for hydroxylation is 1. The fraction of sp³-hybridized carbons (Fsp3) is 0.217. The molecule has 1 amide bonds. The maximum Gasteiger partial charge on any atom is 0.256 e. The molecular weight excluding hydrogens is 390 g/mol. The number of piperazine rings is 1. The summed E-state index contributed by atoms with van der Waals surface area (Å²) in [7, 11) is 1.87. The maximum atomic E-state index is 12.9. The zero-order valence-corrected chi connectivity index (χ0v) is 17.2. The van der Waals surface area contributed by atoms with E-state index in [0.29, 0.717) is 11.4 Å². The number of hydrogen-bond acceptors (Lipinski definition) is 6. The highest BCUT2D eigenvalue weighted by Gasteiger charge is 2.14. The van der Waals surface area contributed by atoms with Crippen molar-refractivity contribution in [3.63, 3.8) is 0 Å².